The molecule has 7 nitrogen and oxygen atoms in total. The molecule has 0 saturated carbocycles. The fourth-order valence-corrected chi connectivity index (χ4v) is 4.41. The second kappa shape index (κ2) is 8.20. The number of benzene rings is 1. The minimum atomic E-state index is -1.59. The Morgan fingerprint density at radius 3 is 3.10 bits per heavy atom. The van der Waals surface area contributed by atoms with E-state index in [2.05, 4.69) is 25.6 Å². The number of nitrogens with one attached hydrogen (secondary N) is 1. The molecule has 1 unspecified atom stereocenters. The Balaban J connectivity index is 1.53. The number of halogens is 1. The van der Waals surface area contributed by atoms with Gasteiger partial charge < -0.3 is 15.4 Å². The first-order valence-corrected chi connectivity index (χ1v) is 10.5. The SMILES string of the molecule is C=C(c1ccncc1F)N1CCCC[C@@H]1COc1cccc2c1C(N)=NS(=O)N2. The molecule has 1 fully saturated rings. The number of rotatable bonds is 5. The van der Waals surface area contributed by atoms with Crippen LogP contribution in [0.5, 0.6) is 5.75 Å². The molecule has 0 radical (unpaired) electrons. The van der Waals surface area contributed by atoms with E-state index in [0.29, 0.717) is 34.9 Å². The van der Waals surface area contributed by atoms with Gasteiger partial charge in [0.1, 0.15) is 18.2 Å². The number of aromatic nitrogens is 1. The summed E-state index contributed by atoms with van der Waals surface area (Å²) in [4.78, 5) is 5.91. The molecule has 152 valence electrons. The zero-order valence-electron chi connectivity index (χ0n) is 15.8. The molecule has 1 aromatic carbocycles. The number of amidine groups is 1. The molecule has 4 rings (SSSR count). The van der Waals surface area contributed by atoms with Gasteiger partial charge in [-0.3, -0.25) is 9.71 Å². The van der Waals surface area contributed by atoms with Crippen LogP contribution >= 0.6 is 0 Å². The van der Waals surface area contributed by atoms with Gasteiger partial charge in [0.25, 0.3) is 0 Å². The second-order valence-electron chi connectivity index (χ2n) is 6.96. The molecule has 9 heteroatoms. The largest absolute Gasteiger partial charge is 0.491 e. The molecule has 0 aliphatic carbocycles. The molecule has 0 bridgehead atoms. The van der Waals surface area contributed by atoms with Gasteiger partial charge >= 0.3 is 0 Å². The zero-order valence-corrected chi connectivity index (χ0v) is 16.6. The molecule has 2 aromatic rings. The number of ether oxygens (including phenoxy) is 1. The number of hydrogen-bond acceptors (Lipinski definition) is 5. The van der Waals surface area contributed by atoms with Crippen molar-refractivity contribution in [1.29, 1.82) is 0 Å². The number of nitrogens with zero attached hydrogens (tertiary/aromatic N) is 3. The molecule has 3 heterocycles. The van der Waals surface area contributed by atoms with Gasteiger partial charge in [0.2, 0.25) is 11.2 Å². The highest BCUT2D eigenvalue weighted by atomic mass is 32.2. The lowest BCUT2D eigenvalue weighted by Crippen LogP contribution is -2.42. The van der Waals surface area contributed by atoms with Crippen LogP contribution in [0.25, 0.3) is 5.70 Å². The lowest BCUT2D eigenvalue weighted by Gasteiger charge is -2.38. The van der Waals surface area contributed by atoms with Crippen LogP contribution in [-0.4, -0.2) is 39.1 Å². The van der Waals surface area contributed by atoms with Crippen LogP contribution in [0.3, 0.4) is 0 Å². The van der Waals surface area contributed by atoms with Crippen molar-refractivity contribution in [2.24, 2.45) is 10.1 Å². The van der Waals surface area contributed by atoms with E-state index in [1.54, 1.807) is 24.4 Å². The average molecular weight is 415 g/mol. The van der Waals surface area contributed by atoms with Gasteiger partial charge in [-0.05, 0) is 37.5 Å². The van der Waals surface area contributed by atoms with Gasteiger partial charge in [0.15, 0.2) is 5.82 Å². The Labute approximate surface area is 171 Å². The van der Waals surface area contributed by atoms with Crippen molar-refractivity contribution < 1.29 is 13.3 Å². The normalized spacial score (nSPS) is 21.0. The number of nitrogens with two attached hydrogens (primary N) is 1. The minimum Gasteiger partial charge on any atom is -0.491 e. The molecule has 1 saturated heterocycles. The first-order valence-electron chi connectivity index (χ1n) is 9.39. The number of pyridine rings is 1. The number of anilines is 1. The van der Waals surface area contributed by atoms with E-state index in [9.17, 15) is 8.60 Å². The third-order valence-electron chi connectivity index (χ3n) is 5.15. The van der Waals surface area contributed by atoms with Crippen LogP contribution < -0.4 is 15.2 Å². The fourth-order valence-electron chi connectivity index (χ4n) is 3.73. The lowest BCUT2D eigenvalue weighted by atomic mass is 10.00. The molecule has 3 N–H and O–H groups in total. The Morgan fingerprint density at radius 1 is 1.41 bits per heavy atom. The van der Waals surface area contributed by atoms with Crippen molar-refractivity contribution in [3.63, 3.8) is 0 Å². The summed E-state index contributed by atoms with van der Waals surface area (Å²) in [5.74, 6) is 0.360. The van der Waals surface area contributed by atoms with Crippen LogP contribution in [0.2, 0.25) is 0 Å². The van der Waals surface area contributed by atoms with E-state index >= 15 is 0 Å². The Bertz CT molecular complexity index is 997. The smallest absolute Gasteiger partial charge is 0.245 e. The van der Waals surface area contributed by atoms with Crippen LogP contribution in [0.15, 0.2) is 47.6 Å². The lowest BCUT2D eigenvalue weighted by molar-refractivity contribution is 0.152. The van der Waals surface area contributed by atoms with Crippen molar-refractivity contribution in [2.75, 3.05) is 17.9 Å². The van der Waals surface area contributed by atoms with Gasteiger partial charge in [-0.2, -0.15) is 4.40 Å². The van der Waals surface area contributed by atoms with Crippen molar-refractivity contribution in [3.05, 3.63) is 60.2 Å². The van der Waals surface area contributed by atoms with Crippen molar-refractivity contribution in [2.45, 2.75) is 25.3 Å². The summed E-state index contributed by atoms with van der Waals surface area (Å²) in [6.07, 6.45) is 5.75. The zero-order chi connectivity index (χ0) is 20.4. The maximum absolute atomic E-state index is 14.2. The highest BCUT2D eigenvalue weighted by Crippen LogP contribution is 2.32. The molecule has 0 amide bonds. The quantitative estimate of drug-likeness (QED) is 0.783. The molecule has 0 spiro atoms. The van der Waals surface area contributed by atoms with Crippen LogP contribution in [-0.2, 0) is 11.2 Å². The third-order valence-corrected chi connectivity index (χ3v) is 5.91. The average Bonchev–Trinajstić information content (AvgIpc) is 2.72. The molecular formula is C20H22FN5O2S. The first-order chi connectivity index (χ1) is 14.0. The number of piperidine rings is 1. The Morgan fingerprint density at radius 2 is 2.28 bits per heavy atom. The van der Waals surface area contributed by atoms with E-state index in [1.807, 2.05) is 6.07 Å². The predicted molar refractivity (Wildman–Crippen MR) is 112 cm³/mol. The van der Waals surface area contributed by atoms with Crippen molar-refractivity contribution in [1.82, 2.24) is 9.88 Å². The van der Waals surface area contributed by atoms with Gasteiger partial charge in [0, 0.05) is 24.0 Å². The number of fused-ring (bicyclic) bond motifs is 1. The maximum Gasteiger partial charge on any atom is 0.245 e. The summed E-state index contributed by atoms with van der Waals surface area (Å²) in [5, 5.41) is 0. The number of hydrogen-bond donors (Lipinski definition) is 2. The fraction of sp³-hybridized carbons (Fsp3) is 0.300. The highest BCUT2D eigenvalue weighted by Gasteiger charge is 2.27. The predicted octanol–water partition coefficient (Wildman–Crippen LogP) is 2.83. The molecule has 2 atom stereocenters. The maximum atomic E-state index is 14.2. The van der Waals surface area contributed by atoms with Crippen molar-refractivity contribution in [3.8, 4) is 5.75 Å². The van der Waals surface area contributed by atoms with E-state index in [4.69, 9.17) is 10.5 Å². The molecular weight excluding hydrogens is 393 g/mol. The highest BCUT2D eigenvalue weighted by molar-refractivity contribution is 7.85. The molecule has 2 aliphatic heterocycles. The number of likely N-dealkylation sites (tertiary alicyclic amines) is 1. The summed E-state index contributed by atoms with van der Waals surface area (Å²) in [6, 6.07) is 7.08. The van der Waals surface area contributed by atoms with Crippen LogP contribution in [0.1, 0.15) is 30.4 Å². The summed E-state index contributed by atoms with van der Waals surface area (Å²) >= 11 is -1.59. The minimum absolute atomic E-state index is 0.0449. The monoisotopic (exact) mass is 415 g/mol. The topological polar surface area (TPSA) is 92.8 Å². The summed E-state index contributed by atoms with van der Waals surface area (Å²) in [6.45, 7) is 5.30. The Kier molecular flexibility index (Phi) is 5.48. The van der Waals surface area contributed by atoms with E-state index in [0.717, 1.165) is 25.8 Å². The Hall–Kier alpha value is -2.94. The summed E-state index contributed by atoms with van der Waals surface area (Å²) < 4.78 is 38.6. The standard InChI is InChI=1S/C20H22FN5O2S/c1-13(15-8-9-23-11-16(15)21)26-10-3-2-5-14(26)12-28-18-7-4-6-17-19(18)20(22)25-29(27)24-17/h4,6-9,11,14,24H,1-3,5,10,12H2,(H2,22,25)/t14-,29?/m1/s1. The third kappa shape index (κ3) is 3.95. The molecule has 2 aliphatic rings. The first kappa shape index (κ1) is 19.4. The van der Waals surface area contributed by atoms with Crippen molar-refractivity contribution >= 4 is 28.4 Å². The van der Waals surface area contributed by atoms with E-state index in [-0.39, 0.29) is 17.7 Å². The molecule has 1 aromatic heterocycles. The van der Waals surface area contributed by atoms with Gasteiger partial charge in [-0.25, -0.2) is 8.60 Å². The van der Waals surface area contributed by atoms with E-state index < -0.39 is 11.2 Å². The van der Waals surface area contributed by atoms with E-state index in [1.165, 1.54) is 6.20 Å². The molecule has 29 heavy (non-hydrogen) atoms. The van der Waals surface area contributed by atoms with Crippen LogP contribution in [0.4, 0.5) is 10.1 Å². The van der Waals surface area contributed by atoms with Crippen LogP contribution in [0, 0.1) is 5.82 Å². The second-order valence-corrected chi connectivity index (χ2v) is 7.85. The summed E-state index contributed by atoms with van der Waals surface area (Å²) in [7, 11) is 0. The summed E-state index contributed by atoms with van der Waals surface area (Å²) in [5.41, 5.74) is 8.29. The van der Waals surface area contributed by atoms with Gasteiger partial charge in [-0.1, -0.05) is 12.6 Å². The van der Waals surface area contributed by atoms with Gasteiger partial charge in [-0.15, -0.1) is 0 Å². The van der Waals surface area contributed by atoms with Gasteiger partial charge in [0.05, 0.1) is 23.5 Å².